The van der Waals surface area contributed by atoms with E-state index in [1.807, 2.05) is 0 Å². The minimum Gasteiger partial charge on any atom is -0.496 e. The number of aliphatic hydroxyl groups excluding tert-OH is 2. The summed E-state index contributed by atoms with van der Waals surface area (Å²) in [6.07, 6.45) is -1.77. The maximum atomic E-state index is 10.8. The second kappa shape index (κ2) is 6.58. The zero-order chi connectivity index (χ0) is 13.7. The molecule has 1 rings (SSSR count). The Hall–Kier alpha value is -1.30. The SMILES string of the molecule is COc1cc(C=O)cc(OC)c1C(O)C(O)CCl. The van der Waals surface area contributed by atoms with Crippen molar-refractivity contribution in [3.8, 4) is 11.5 Å². The lowest BCUT2D eigenvalue weighted by Crippen LogP contribution is -2.21. The zero-order valence-corrected chi connectivity index (χ0v) is 10.8. The quantitative estimate of drug-likeness (QED) is 0.601. The highest BCUT2D eigenvalue weighted by Gasteiger charge is 2.25. The lowest BCUT2D eigenvalue weighted by Gasteiger charge is -2.21. The van der Waals surface area contributed by atoms with Gasteiger partial charge in [0, 0.05) is 5.56 Å². The van der Waals surface area contributed by atoms with Crippen LogP contribution in [0.4, 0.5) is 0 Å². The largest absolute Gasteiger partial charge is 0.496 e. The molecule has 2 N–H and O–H groups in total. The third-order valence-electron chi connectivity index (χ3n) is 2.52. The summed E-state index contributed by atoms with van der Waals surface area (Å²) in [6, 6.07) is 2.91. The van der Waals surface area contributed by atoms with E-state index in [0.29, 0.717) is 11.8 Å². The predicted molar refractivity (Wildman–Crippen MR) is 66.6 cm³/mol. The van der Waals surface area contributed by atoms with Crippen LogP contribution in [0.15, 0.2) is 12.1 Å². The van der Waals surface area contributed by atoms with Crippen molar-refractivity contribution >= 4 is 17.9 Å². The summed E-state index contributed by atoms with van der Waals surface area (Å²) in [6.45, 7) is 0. The molecule has 0 saturated carbocycles. The molecule has 0 aromatic heterocycles. The fourth-order valence-electron chi connectivity index (χ4n) is 1.60. The number of methoxy groups -OCH3 is 2. The van der Waals surface area contributed by atoms with Crippen LogP contribution in [-0.2, 0) is 0 Å². The summed E-state index contributed by atoms with van der Waals surface area (Å²) in [5.74, 6) is 0.379. The van der Waals surface area contributed by atoms with Crippen LogP contribution in [0.2, 0.25) is 0 Å². The van der Waals surface area contributed by atoms with E-state index in [4.69, 9.17) is 21.1 Å². The fourth-order valence-corrected chi connectivity index (χ4v) is 1.76. The van der Waals surface area contributed by atoms with E-state index in [9.17, 15) is 15.0 Å². The van der Waals surface area contributed by atoms with E-state index < -0.39 is 12.2 Å². The van der Waals surface area contributed by atoms with Gasteiger partial charge in [-0.15, -0.1) is 11.6 Å². The lowest BCUT2D eigenvalue weighted by molar-refractivity contribution is 0.0296. The molecule has 18 heavy (non-hydrogen) atoms. The molecule has 0 radical (unpaired) electrons. The Morgan fingerprint density at radius 2 is 1.78 bits per heavy atom. The molecule has 6 heteroatoms. The molecule has 0 saturated heterocycles. The smallest absolute Gasteiger partial charge is 0.150 e. The number of ether oxygens (including phenoxy) is 2. The molecule has 100 valence electrons. The van der Waals surface area contributed by atoms with Crippen molar-refractivity contribution in [2.75, 3.05) is 20.1 Å². The van der Waals surface area contributed by atoms with Gasteiger partial charge in [-0.05, 0) is 12.1 Å². The van der Waals surface area contributed by atoms with Crippen molar-refractivity contribution in [1.29, 1.82) is 0 Å². The Morgan fingerprint density at radius 3 is 2.11 bits per heavy atom. The van der Waals surface area contributed by atoms with Crippen LogP contribution in [0, 0.1) is 0 Å². The highest BCUT2D eigenvalue weighted by Crippen LogP contribution is 2.36. The van der Waals surface area contributed by atoms with Crippen LogP contribution >= 0.6 is 11.6 Å². The van der Waals surface area contributed by atoms with Gasteiger partial charge in [-0.1, -0.05) is 0 Å². The molecule has 0 aliphatic heterocycles. The Kier molecular flexibility index (Phi) is 5.40. The number of aldehydes is 1. The molecule has 1 aromatic rings. The van der Waals surface area contributed by atoms with E-state index in [1.54, 1.807) is 0 Å². The Morgan fingerprint density at radius 1 is 1.28 bits per heavy atom. The first-order chi connectivity index (χ1) is 8.58. The molecule has 2 atom stereocenters. The molecule has 0 bridgehead atoms. The van der Waals surface area contributed by atoms with Crippen molar-refractivity contribution in [3.05, 3.63) is 23.3 Å². The van der Waals surface area contributed by atoms with E-state index in [1.165, 1.54) is 26.4 Å². The van der Waals surface area contributed by atoms with E-state index in [0.717, 1.165) is 0 Å². The van der Waals surface area contributed by atoms with Gasteiger partial charge >= 0.3 is 0 Å². The van der Waals surface area contributed by atoms with Gasteiger partial charge in [0.1, 0.15) is 23.9 Å². The number of rotatable bonds is 6. The predicted octanol–water partition coefficient (Wildman–Crippen LogP) is 1.15. The van der Waals surface area contributed by atoms with Crippen molar-refractivity contribution in [1.82, 2.24) is 0 Å². The Balaban J connectivity index is 3.34. The monoisotopic (exact) mass is 274 g/mol. The van der Waals surface area contributed by atoms with Crippen molar-refractivity contribution in [2.45, 2.75) is 12.2 Å². The third kappa shape index (κ3) is 2.93. The first-order valence-corrected chi connectivity index (χ1v) is 5.75. The molecule has 0 spiro atoms. The van der Waals surface area contributed by atoms with Crippen molar-refractivity contribution in [2.24, 2.45) is 0 Å². The standard InChI is InChI=1S/C12H15ClO5/c1-17-9-3-7(6-14)4-10(18-2)11(9)12(16)8(15)5-13/h3-4,6,8,12,15-16H,5H2,1-2H3. The van der Waals surface area contributed by atoms with Crippen LogP contribution in [-0.4, -0.2) is 42.7 Å². The summed E-state index contributed by atoms with van der Waals surface area (Å²) >= 11 is 5.50. The van der Waals surface area contributed by atoms with Crippen molar-refractivity contribution in [3.63, 3.8) is 0 Å². The van der Waals surface area contributed by atoms with Gasteiger partial charge in [0.2, 0.25) is 0 Å². The maximum absolute atomic E-state index is 10.8. The molecule has 5 nitrogen and oxygen atoms in total. The number of alkyl halides is 1. The molecule has 0 aliphatic rings. The minimum atomic E-state index is -1.26. The van der Waals surface area contributed by atoms with Crippen LogP contribution in [0.25, 0.3) is 0 Å². The number of aliphatic hydroxyl groups is 2. The number of benzene rings is 1. The third-order valence-corrected chi connectivity index (χ3v) is 2.84. The topological polar surface area (TPSA) is 76.0 Å². The number of carbonyl (C=O) groups excluding carboxylic acids is 1. The van der Waals surface area contributed by atoms with Gasteiger partial charge in [-0.3, -0.25) is 4.79 Å². The summed E-state index contributed by atoms with van der Waals surface area (Å²) in [4.78, 5) is 10.8. The average Bonchev–Trinajstić information content (AvgIpc) is 2.43. The first-order valence-electron chi connectivity index (χ1n) is 5.22. The van der Waals surface area contributed by atoms with Gasteiger partial charge in [0.05, 0.1) is 31.8 Å². The average molecular weight is 275 g/mol. The van der Waals surface area contributed by atoms with Crippen molar-refractivity contribution < 1.29 is 24.5 Å². The van der Waals surface area contributed by atoms with Gasteiger partial charge in [-0.2, -0.15) is 0 Å². The number of hydrogen-bond acceptors (Lipinski definition) is 5. The molecule has 0 aliphatic carbocycles. The summed E-state index contributed by atoms with van der Waals surface area (Å²) < 4.78 is 10.2. The van der Waals surface area contributed by atoms with E-state index in [-0.39, 0.29) is 22.9 Å². The van der Waals surface area contributed by atoms with Crippen LogP contribution in [0.3, 0.4) is 0 Å². The van der Waals surface area contributed by atoms with E-state index in [2.05, 4.69) is 0 Å². The first kappa shape index (κ1) is 14.8. The summed E-state index contributed by atoms with van der Waals surface area (Å²) in [7, 11) is 2.79. The molecule has 2 unspecified atom stereocenters. The van der Waals surface area contributed by atoms with Crippen LogP contribution in [0.1, 0.15) is 22.0 Å². The van der Waals surface area contributed by atoms with Crippen LogP contribution in [0.5, 0.6) is 11.5 Å². The molecular weight excluding hydrogens is 260 g/mol. The Labute approximate surface area is 110 Å². The summed E-state index contributed by atoms with van der Waals surface area (Å²) in [5, 5.41) is 19.6. The normalized spacial score (nSPS) is 13.8. The number of carbonyl (C=O) groups is 1. The maximum Gasteiger partial charge on any atom is 0.150 e. The molecule has 0 heterocycles. The van der Waals surface area contributed by atoms with Gasteiger partial charge < -0.3 is 19.7 Å². The molecule has 0 amide bonds. The van der Waals surface area contributed by atoms with Crippen LogP contribution < -0.4 is 9.47 Å². The van der Waals surface area contributed by atoms with Gasteiger partial charge in [0.25, 0.3) is 0 Å². The highest BCUT2D eigenvalue weighted by molar-refractivity contribution is 6.18. The zero-order valence-electron chi connectivity index (χ0n) is 10.1. The van der Waals surface area contributed by atoms with Gasteiger partial charge in [-0.25, -0.2) is 0 Å². The molecular formula is C12H15ClO5. The second-order valence-corrected chi connectivity index (χ2v) is 3.93. The van der Waals surface area contributed by atoms with Gasteiger partial charge in [0.15, 0.2) is 0 Å². The second-order valence-electron chi connectivity index (χ2n) is 3.62. The summed E-state index contributed by atoms with van der Waals surface area (Å²) in [5.41, 5.74) is 0.610. The Bertz CT molecular complexity index is 396. The molecule has 0 fully saturated rings. The van der Waals surface area contributed by atoms with E-state index >= 15 is 0 Å². The highest BCUT2D eigenvalue weighted by atomic mass is 35.5. The molecule has 1 aromatic carbocycles. The number of hydrogen-bond donors (Lipinski definition) is 2. The fraction of sp³-hybridized carbons (Fsp3) is 0.417. The number of halogens is 1. The lowest BCUT2D eigenvalue weighted by atomic mass is 10.0. The minimum absolute atomic E-state index is 0.136.